The van der Waals surface area contributed by atoms with Crippen molar-refractivity contribution in [3.05, 3.63) is 75.7 Å². The zero-order chi connectivity index (χ0) is 17.3. The molecule has 0 aliphatic carbocycles. The molecule has 3 aromatic rings. The van der Waals surface area contributed by atoms with E-state index in [0.29, 0.717) is 14.8 Å². The van der Waals surface area contributed by atoms with Crippen LogP contribution in [0.1, 0.15) is 20.8 Å². The number of nitrogens with zero attached hydrogens (tertiary/aromatic N) is 1. The van der Waals surface area contributed by atoms with E-state index in [-0.39, 0.29) is 11.3 Å². The number of carbonyl (C=O) groups is 1. The highest BCUT2D eigenvalue weighted by atomic mass is 79.9. The third-order valence-electron chi connectivity index (χ3n) is 3.59. The Morgan fingerprint density at radius 1 is 1.29 bits per heavy atom. The lowest BCUT2D eigenvalue weighted by molar-refractivity contribution is 0.106. The van der Waals surface area contributed by atoms with E-state index < -0.39 is 0 Å². The van der Waals surface area contributed by atoms with Crippen molar-refractivity contribution in [1.82, 2.24) is 4.57 Å². The van der Waals surface area contributed by atoms with Gasteiger partial charge in [0.15, 0.2) is 5.78 Å². The van der Waals surface area contributed by atoms with Crippen LogP contribution in [0.3, 0.4) is 0 Å². The number of aromatic nitrogens is 1. The van der Waals surface area contributed by atoms with Gasteiger partial charge in [0, 0.05) is 33.4 Å². The van der Waals surface area contributed by atoms with E-state index >= 15 is 0 Å². The Bertz CT molecular complexity index is 1090. The monoisotopic (exact) mass is 419 g/mol. The van der Waals surface area contributed by atoms with Crippen molar-refractivity contribution in [3.63, 3.8) is 0 Å². The maximum atomic E-state index is 12.5. The van der Waals surface area contributed by atoms with Crippen LogP contribution in [0.25, 0.3) is 12.2 Å². The summed E-state index contributed by atoms with van der Waals surface area (Å²) in [6, 6.07) is 9.42. The second-order valence-electron chi connectivity index (χ2n) is 5.30. The number of carbonyl (C=O) groups excluding carboxylic acids is 1. The average molecular weight is 420 g/mol. The third-order valence-corrected chi connectivity index (χ3v) is 6.34. The zero-order valence-corrected chi connectivity index (χ0v) is 16.3. The fourth-order valence-corrected chi connectivity index (χ4v) is 4.75. The van der Waals surface area contributed by atoms with Crippen LogP contribution in [-0.4, -0.2) is 10.4 Å². The summed E-state index contributed by atoms with van der Waals surface area (Å²) in [4.78, 5) is 25.9. The third kappa shape index (κ3) is 3.50. The summed E-state index contributed by atoms with van der Waals surface area (Å²) >= 11 is 6.30. The van der Waals surface area contributed by atoms with Crippen molar-refractivity contribution in [3.8, 4) is 0 Å². The number of ketones is 1. The summed E-state index contributed by atoms with van der Waals surface area (Å²) in [6.07, 6.45) is 3.40. The molecule has 3 rings (SSSR count). The van der Waals surface area contributed by atoms with Crippen LogP contribution in [0.5, 0.6) is 0 Å². The van der Waals surface area contributed by atoms with Gasteiger partial charge in [-0.05, 0) is 40.6 Å². The molecule has 0 spiro atoms. The Balaban J connectivity index is 2.09. The molecule has 0 N–H and O–H groups in total. The van der Waals surface area contributed by atoms with Gasteiger partial charge in [-0.3, -0.25) is 9.59 Å². The number of benzene rings is 1. The number of thiazole rings is 1. The predicted molar refractivity (Wildman–Crippen MR) is 104 cm³/mol. The molecule has 0 aliphatic rings. The Morgan fingerprint density at radius 2 is 2.04 bits per heavy atom. The fourth-order valence-electron chi connectivity index (χ4n) is 2.28. The second kappa shape index (κ2) is 7.01. The van der Waals surface area contributed by atoms with Crippen molar-refractivity contribution in [2.75, 3.05) is 0 Å². The molecule has 2 heterocycles. The lowest BCUT2D eigenvalue weighted by Gasteiger charge is -1.99. The largest absolute Gasteiger partial charge is 0.302 e. The van der Waals surface area contributed by atoms with Gasteiger partial charge in [0.2, 0.25) is 0 Å². The number of rotatable bonds is 3. The minimum atomic E-state index is -0.0895. The molecule has 122 valence electrons. The van der Waals surface area contributed by atoms with Crippen LogP contribution in [0, 0.1) is 6.92 Å². The summed E-state index contributed by atoms with van der Waals surface area (Å²) < 4.78 is 3.79. The van der Waals surface area contributed by atoms with E-state index in [1.165, 1.54) is 22.0 Å². The van der Waals surface area contributed by atoms with Crippen molar-refractivity contribution in [2.24, 2.45) is 7.05 Å². The summed E-state index contributed by atoms with van der Waals surface area (Å²) in [5.41, 5.74) is 1.50. The molecule has 0 radical (unpaired) electrons. The van der Waals surface area contributed by atoms with Gasteiger partial charge >= 0.3 is 0 Å². The van der Waals surface area contributed by atoms with Gasteiger partial charge in [-0.2, -0.15) is 0 Å². The number of aryl methyl sites for hydroxylation is 1. The summed E-state index contributed by atoms with van der Waals surface area (Å²) in [5.74, 6) is -0.0876. The molecule has 3 nitrogen and oxygen atoms in total. The molecule has 0 aliphatic heterocycles. The summed E-state index contributed by atoms with van der Waals surface area (Å²) in [5, 5.41) is 1.97. The molecular weight excluding hydrogens is 406 g/mol. The molecule has 0 bridgehead atoms. The molecule has 1 aromatic carbocycles. The minimum Gasteiger partial charge on any atom is -0.302 e. The maximum absolute atomic E-state index is 12.5. The fraction of sp³-hybridized carbons (Fsp3) is 0.111. The maximum Gasteiger partial charge on any atom is 0.268 e. The van der Waals surface area contributed by atoms with Crippen LogP contribution in [0.15, 0.2) is 45.0 Å². The first kappa shape index (κ1) is 17.1. The topological polar surface area (TPSA) is 39.1 Å². The van der Waals surface area contributed by atoms with E-state index in [9.17, 15) is 9.59 Å². The first-order valence-electron chi connectivity index (χ1n) is 7.19. The Morgan fingerprint density at radius 3 is 2.71 bits per heavy atom. The smallest absolute Gasteiger partial charge is 0.268 e. The number of hydrogen-bond acceptors (Lipinski definition) is 4. The first-order chi connectivity index (χ1) is 11.5. The lowest BCUT2D eigenvalue weighted by Crippen LogP contribution is -2.29. The van der Waals surface area contributed by atoms with E-state index in [0.717, 1.165) is 14.9 Å². The van der Waals surface area contributed by atoms with E-state index in [1.54, 1.807) is 24.5 Å². The number of thiophene rings is 1. The first-order valence-corrected chi connectivity index (χ1v) is 9.68. The molecule has 0 unspecified atom stereocenters. The average Bonchev–Trinajstić information content (AvgIpc) is 3.07. The molecule has 24 heavy (non-hydrogen) atoms. The lowest BCUT2D eigenvalue weighted by atomic mass is 10.1. The van der Waals surface area contributed by atoms with Gasteiger partial charge in [-0.15, -0.1) is 22.7 Å². The Hall–Kier alpha value is -1.76. The van der Waals surface area contributed by atoms with Crippen LogP contribution < -0.4 is 14.8 Å². The van der Waals surface area contributed by atoms with Crippen molar-refractivity contribution >= 4 is 56.5 Å². The SMILES string of the molecule is Cc1ccccc1C(=O)C=c1sc(=Cc2cc(Br)cs2)c(=O)n1C. The highest BCUT2D eigenvalue weighted by Gasteiger charge is 2.07. The molecule has 0 amide bonds. The molecule has 6 heteroatoms. The van der Waals surface area contributed by atoms with Gasteiger partial charge in [-0.1, -0.05) is 24.3 Å². The van der Waals surface area contributed by atoms with E-state index in [4.69, 9.17) is 0 Å². The normalized spacial score (nSPS) is 12.8. The molecular formula is C18H14BrNO2S2. The van der Waals surface area contributed by atoms with Gasteiger partial charge in [0.05, 0.1) is 4.53 Å². The standard InChI is InChI=1S/C18H14BrNO2S2/c1-11-5-3-4-6-14(11)15(21)9-17-20(2)18(22)16(24-17)8-13-7-12(19)10-23-13/h3-10H,1-2H3. The van der Waals surface area contributed by atoms with E-state index in [2.05, 4.69) is 15.9 Å². The number of hydrogen-bond donors (Lipinski definition) is 0. The highest BCUT2D eigenvalue weighted by molar-refractivity contribution is 9.10. The number of halogens is 1. The van der Waals surface area contributed by atoms with Gasteiger partial charge in [0.1, 0.15) is 4.66 Å². The van der Waals surface area contributed by atoms with Crippen molar-refractivity contribution in [2.45, 2.75) is 6.92 Å². The predicted octanol–water partition coefficient (Wildman–Crippen LogP) is 3.07. The summed E-state index contributed by atoms with van der Waals surface area (Å²) in [6.45, 7) is 1.91. The Labute approximate surface area is 155 Å². The van der Waals surface area contributed by atoms with Gasteiger partial charge in [0.25, 0.3) is 5.56 Å². The van der Waals surface area contributed by atoms with Gasteiger partial charge < -0.3 is 4.57 Å². The highest BCUT2D eigenvalue weighted by Crippen LogP contribution is 2.19. The Kier molecular flexibility index (Phi) is 4.99. The van der Waals surface area contributed by atoms with E-state index in [1.807, 2.05) is 42.6 Å². The quantitative estimate of drug-likeness (QED) is 0.611. The molecule has 0 fully saturated rings. The zero-order valence-electron chi connectivity index (χ0n) is 13.1. The van der Waals surface area contributed by atoms with Crippen LogP contribution in [0.2, 0.25) is 0 Å². The number of Topliss-reactive ketones (excluding diaryl/α,β-unsaturated/α-hetero) is 1. The van der Waals surface area contributed by atoms with Crippen LogP contribution >= 0.6 is 38.6 Å². The molecule has 0 saturated carbocycles. The molecule has 0 saturated heterocycles. The van der Waals surface area contributed by atoms with Gasteiger partial charge in [-0.25, -0.2) is 0 Å². The second-order valence-corrected chi connectivity index (χ2v) is 8.22. The van der Waals surface area contributed by atoms with Crippen molar-refractivity contribution in [1.29, 1.82) is 0 Å². The molecule has 2 aromatic heterocycles. The van der Waals surface area contributed by atoms with Crippen LogP contribution in [0.4, 0.5) is 0 Å². The van der Waals surface area contributed by atoms with Crippen molar-refractivity contribution < 1.29 is 4.79 Å². The van der Waals surface area contributed by atoms with Crippen LogP contribution in [-0.2, 0) is 7.05 Å². The minimum absolute atomic E-state index is 0.0876. The summed E-state index contributed by atoms with van der Waals surface area (Å²) in [7, 11) is 1.69. The molecule has 0 atom stereocenters.